The first kappa shape index (κ1) is 33.0. The molecule has 1 saturated carbocycles. The van der Waals surface area contributed by atoms with Crippen LogP contribution >= 0.6 is 23.5 Å². The van der Waals surface area contributed by atoms with Gasteiger partial charge in [0, 0.05) is 6.04 Å². The molecule has 2 aromatic rings. The van der Waals surface area contributed by atoms with Crippen molar-refractivity contribution >= 4 is 40.6 Å². The van der Waals surface area contributed by atoms with E-state index >= 15 is 0 Å². The molecule has 22 heteroatoms. The van der Waals surface area contributed by atoms with Crippen LogP contribution in [0.4, 0.5) is 5.95 Å². The second-order valence-corrected chi connectivity index (χ2v) is 10.1. The van der Waals surface area contributed by atoms with Gasteiger partial charge >= 0.3 is 23.5 Å². The summed E-state index contributed by atoms with van der Waals surface area (Å²) in [6.07, 6.45) is 7.57. The third-order valence-electron chi connectivity index (χ3n) is 4.06. The van der Waals surface area contributed by atoms with Crippen molar-refractivity contribution in [3.05, 3.63) is 16.7 Å². The molecule has 0 unspecified atom stereocenters. The Morgan fingerprint density at radius 2 is 1.51 bits per heavy atom. The van der Waals surface area contributed by atoms with Crippen LogP contribution in [0.2, 0.25) is 0 Å². The molecular formula is C13H24N5O14P3. The fraction of sp³-hybridized carbons (Fsp3) is 0.462. The number of anilines is 1. The van der Waals surface area contributed by atoms with E-state index in [0.29, 0.717) is 18.5 Å². The molecule has 3 atom stereocenters. The standard InChI is InChI=1S/C13H15N5O2.3H3O4P/c1-3-13(2)5-7(4-8(13)19)18-6-15-9-10(18)16-12(14)17-11(9)20;3*1-5(2,3)4/h1,6-8,19H,4-5H2,2H3,(H3,14,16,17,20);3*(H3,1,2,3,4)/t7-,8-,13+;;;/m1.../s1. The van der Waals surface area contributed by atoms with Gasteiger partial charge in [0.25, 0.3) is 5.56 Å². The Morgan fingerprint density at radius 3 is 1.89 bits per heavy atom. The summed E-state index contributed by atoms with van der Waals surface area (Å²) in [5.41, 5.74) is 5.28. The number of H-pyrrole nitrogens is 1. The van der Waals surface area contributed by atoms with Crippen molar-refractivity contribution in [1.82, 2.24) is 19.5 Å². The number of nitrogen functional groups attached to an aromatic ring is 1. The summed E-state index contributed by atoms with van der Waals surface area (Å²) >= 11 is 0. The number of nitrogens with one attached hydrogen (secondary N) is 1. The second-order valence-electron chi connectivity index (χ2n) is 6.99. The minimum Gasteiger partial charge on any atom is -0.391 e. The van der Waals surface area contributed by atoms with Gasteiger partial charge in [-0.15, -0.1) is 6.42 Å². The maximum absolute atomic E-state index is 11.7. The van der Waals surface area contributed by atoms with Crippen LogP contribution in [0.25, 0.3) is 11.2 Å². The van der Waals surface area contributed by atoms with Crippen molar-refractivity contribution < 1.29 is 62.8 Å². The van der Waals surface area contributed by atoms with E-state index < -0.39 is 35.0 Å². The van der Waals surface area contributed by atoms with E-state index in [4.69, 9.17) is 69.9 Å². The normalized spacial score (nSPS) is 22.0. The van der Waals surface area contributed by atoms with Gasteiger partial charge in [0.15, 0.2) is 11.2 Å². The summed E-state index contributed by atoms with van der Waals surface area (Å²) in [5.74, 6) is 2.70. The highest BCUT2D eigenvalue weighted by atomic mass is 31.2. The average molecular weight is 567 g/mol. The summed E-state index contributed by atoms with van der Waals surface area (Å²) in [6.45, 7) is 1.85. The third kappa shape index (κ3) is 14.2. The molecular weight excluding hydrogens is 543 g/mol. The van der Waals surface area contributed by atoms with Gasteiger partial charge in [0.1, 0.15) is 0 Å². The van der Waals surface area contributed by atoms with Gasteiger partial charge in [0.2, 0.25) is 5.95 Å². The molecule has 1 aliphatic rings. The van der Waals surface area contributed by atoms with Gasteiger partial charge in [-0.2, -0.15) is 4.98 Å². The number of imidazole rings is 1. The second kappa shape index (κ2) is 12.3. The van der Waals surface area contributed by atoms with Crippen molar-refractivity contribution in [3.63, 3.8) is 0 Å². The Morgan fingerprint density at radius 1 is 1.09 bits per heavy atom. The quantitative estimate of drug-likeness (QED) is 0.123. The first-order valence-electron chi connectivity index (χ1n) is 8.67. The number of aliphatic hydroxyl groups is 1. The van der Waals surface area contributed by atoms with Crippen LogP contribution in [0.5, 0.6) is 0 Å². The molecule has 19 nitrogen and oxygen atoms in total. The Bertz CT molecular complexity index is 1170. The third-order valence-corrected chi connectivity index (χ3v) is 4.06. The number of aromatic amines is 1. The predicted octanol–water partition coefficient (Wildman–Crippen LogP) is -2.75. The number of aromatic nitrogens is 4. The van der Waals surface area contributed by atoms with Gasteiger partial charge in [-0.05, 0) is 19.8 Å². The lowest BCUT2D eigenvalue weighted by Gasteiger charge is -2.20. The number of phosphoric acid groups is 3. The molecule has 0 spiro atoms. The van der Waals surface area contributed by atoms with E-state index in [2.05, 4.69) is 20.9 Å². The first-order valence-corrected chi connectivity index (χ1v) is 13.4. The molecule has 2 heterocycles. The molecule has 0 aromatic carbocycles. The maximum atomic E-state index is 11.7. The van der Waals surface area contributed by atoms with Crippen LogP contribution in [0.1, 0.15) is 25.8 Å². The van der Waals surface area contributed by atoms with E-state index in [1.165, 1.54) is 0 Å². The van der Waals surface area contributed by atoms with Crippen molar-refractivity contribution in [3.8, 4) is 12.3 Å². The number of rotatable bonds is 1. The zero-order valence-electron chi connectivity index (χ0n) is 17.6. The largest absolute Gasteiger partial charge is 0.466 e. The Labute approximate surface area is 195 Å². The Hall–Kier alpha value is -2.00. The zero-order valence-corrected chi connectivity index (χ0v) is 20.3. The molecule has 0 bridgehead atoms. The molecule has 0 saturated heterocycles. The number of aliphatic hydroxyl groups excluding tert-OH is 1. The summed E-state index contributed by atoms with van der Waals surface area (Å²) < 4.78 is 28.4. The first-order chi connectivity index (χ1) is 15.4. The SMILES string of the molecule is C#C[C@@]1(C)C[C@H](n2cnc3c(=O)[nH]c(N)nc32)C[C@H]1O.O=P(O)(O)O.O=P(O)(O)O.O=P(O)(O)O. The number of terminal acetylenes is 1. The summed E-state index contributed by atoms with van der Waals surface area (Å²) in [7, 11) is -13.9. The highest BCUT2D eigenvalue weighted by Crippen LogP contribution is 2.44. The van der Waals surface area contributed by atoms with Gasteiger partial charge in [-0.1, -0.05) is 5.92 Å². The molecule has 0 aliphatic heterocycles. The summed E-state index contributed by atoms with van der Waals surface area (Å²) in [5, 5.41) is 10.1. The van der Waals surface area contributed by atoms with Crippen molar-refractivity contribution in [2.24, 2.45) is 5.41 Å². The number of nitrogens with two attached hydrogens (primary N) is 1. The molecule has 200 valence electrons. The Kier molecular flexibility index (Phi) is 11.6. The fourth-order valence-electron chi connectivity index (χ4n) is 2.80. The highest BCUT2D eigenvalue weighted by molar-refractivity contribution is 7.45. The number of hydrogen-bond donors (Lipinski definition) is 12. The van der Waals surface area contributed by atoms with E-state index in [-0.39, 0.29) is 23.1 Å². The lowest BCUT2D eigenvalue weighted by Crippen LogP contribution is -2.23. The van der Waals surface area contributed by atoms with Crippen LogP contribution in [0, 0.1) is 17.8 Å². The number of fused-ring (bicyclic) bond motifs is 1. The van der Waals surface area contributed by atoms with Gasteiger partial charge < -0.3 is 59.4 Å². The van der Waals surface area contributed by atoms with Crippen molar-refractivity contribution in [1.29, 1.82) is 0 Å². The van der Waals surface area contributed by atoms with Crippen LogP contribution in [0.3, 0.4) is 0 Å². The van der Waals surface area contributed by atoms with Crippen molar-refractivity contribution in [2.75, 3.05) is 5.73 Å². The molecule has 1 aliphatic carbocycles. The van der Waals surface area contributed by atoms with E-state index in [1.807, 2.05) is 6.92 Å². The predicted molar refractivity (Wildman–Crippen MR) is 117 cm³/mol. The number of nitrogens with zero attached hydrogens (tertiary/aromatic N) is 3. The van der Waals surface area contributed by atoms with Crippen molar-refractivity contribution in [2.45, 2.75) is 31.9 Å². The average Bonchev–Trinajstić information content (AvgIpc) is 3.12. The van der Waals surface area contributed by atoms with E-state index in [0.717, 1.165) is 0 Å². The molecule has 35 heavy (non-hydrogen) atoms. The zero-order chi connectivity index (χ0) is 28.0. The smallest absolute Gasteiger partial charge is 0.391 e. The highest BCUT2D eigenvalue weighted by Gasteiger charge is 2.43. The lowest BCUT2D eigenvalue weighted by molar-refractivity contribution is 0.104. The molecule has 0 radical (unpaired) electrons. The van der Waals surface area contributed by atoms with Gasteiger partial charge in [-0.25, -0.2) is 18.7 Å². The van der Waals surface area contributed by atoms with Crippen LogP contribution in [0.15, 0.2) is 11.1 Å². The minimum absolute atomic E-state index is 0.0440. The summed E-state index contributed by atoms with van der Waals surface area (Å²) in [6, 6.07) is -0.0512. The van der Waals surface area contributed by atoms with Crippen LogP contribution < -0.4 is 11.3 Å². The lowest BCUT2D eigenvalue weighted by atomic mass is 9.88. The molecule has 3 rings (SSSR count). The van der Waals surface area contributed by atoms with Gasteiger partial charge in [0.05, 0.1) is 17.8 Å². The topological polar surface area (TPSA) is 343 Å². The van der Waals surface area contributed by atoms with E-state index in [1.54, 1.807) is 10.9 Å². The molecule has 2 aromatic heterocycles. The number of hydrogen-bond acceptors (Lipinski definition) is 8. The van der Waals surface area contributed by atoms with Crippen LogP contribution in [-0.4, -0.2) is 74.8 Å². The Balaban J connectivity index is 0.000000635. The summed E-state index contributed by atoms with van der Waals surface area (Å²) in [4.78, 5) is 87.0. The van der Waals surface area contributed by atoms with Gasteiger partial charge in [-0.3, -0.25) is 9.78 Å². The molecule has 13 N–H and O–H groups in total. The minimum atomic E-state index is -4.64. The van der Waals surface area contributed by atoms with E-state index in [9.17, 15) is 9.90 Å². The molecule has 0 amide bonds. The van der Waals surface area contributed by atoms with Crippen LogP contribution in [-0.2, 0) is 13.7 Å². The monoisotopic (exact) mass is 567 g/mol. The maximum Gasteiger partial charge on any atom is 0.466 e. The fourth-order valence-corrected chi connectivity index (χ4v) is 2.80. The molecule has 1 fully saturated rings.